The summed E-state index contributed by atoms with van der Waals surface area (Å²) in [5.74, 6) is -1.14. The first-order valence-corrected chi connectivity index (χ1v) is 8.84. The molecule has 3 rings (SSSR count). The third kappa shape index (κ3) is 4.09. The fourth-order valence-electron chi connectivity index (χ4n) is 2.66. The Morgan fingerprint density at radius 2 is 2.00 bits per heavy atom. The van der Waals surface area contributed by atoms with Gasteiger partial charge in [0.2, 0.25) is 5.91 Å². The number of hydrazone groups is 1. The Balaban J connectivity index is 1.74. The molecule has 0 bridgehead atoms. The topological polar surface area (TPSA) is 88.1 Å². The van der Waals surface area contributed by atoms with Crippen molar-refractivity contribution in [3.8, 4) is 0 Å². The fraction of sp³-hybridized carbons (Fsp3) is 0.474. The van der Waals surface area contributed by atoms with Crippen LogP contribution in [0.1, 0.15) is 43.7 Å². The molecule has 1 aromatic carbocycles. The number of benzene rings is 1. The van der Waals surface area contributed by atoms with E-state index in [0.717, 1.165) is 24.0 Å². The molecule has 0 saturated heterocycles. The summed E-state index contributed by atoms with van der Waals surface area (Å²) < 4.78 is 5.23. The van der Waals surface area contributed by atoms with Crippen molar-refractivity contribution in [1.82, 2.24) is 5.32 Å². The lowest BCUT2D eigenvalue weighted by Gasteiger charge is -2.25. The smallest absolute Gasteiger partial charge is 0.355 e. The highest BCUT2D eigenvalue weighted by atomic mass is 16.5. The molecule has 1 saturated carbocycles. The first-order chi connectivity index (χ1) is 12.3. The van der Waals surface area contributed by atoms with Crippen LogP contribution in [0.25, 0.3) is 0 Å². The summed E-state index contributed by atoms with van der Waals surface area (Å²) in [5, 5.41) is 8.27. The molecule has 0 aromatic heterocycles. The van der Waals surface area contributed by atoms with Gasteiger partial charge in [0.1, 0.15) is 5.71 Å². The van der Waals surface area contributed by atoms with Crippen molar-refractivity contribution in [1.29, 1.82) is 0 Å². The summed E-state index contributed by atoms with van der Waals surface area (Å²) in [5.41, 5.74) is 2.68. The number of hydrogen-bond donors (Lipinski definition) is 1. The van der Waals surface area contributed by atoms with E-state index in [9.17, 15) is 14.4 Å². The van der Waals surface area contributed by atoms with Crippen LogP contribution in [0.4, 0.5) is 5.69 Å². The molecular weight excluding hydrogens is 334 g/mol. The molecule has 1 aromatic rings. The molecule has 1 aliphatic carbocycles. The third-order valence-corrected chi connectivity index (χ3v) is 4.44. The predicted octanol–water partition coefficient (Wildman–Crippen LogP) is 2.00. The number of carbonyl (C=O) groups is 3. The lowest BCUT2D eigenvalue weighted by atomic mass is 10.1. The van der Waals surface area contributed by atoms with Crippen LogP contribution in [0.3, 0.4) is 0 Å². The molecule has 2 aliphatic rings. The normalized spacial score (nSPS) is 18.2. The number of ether oxygens (including phenoxy) is 1. The average Bonchev–Trinajstić information content (AvgIpc) is 3.41. The maximum atomic E-state index is 12.4. The van der Waals surface area contributed by atoms with Crippen molar-refractivity contribution < 1.29 is 19.1 Å². The van der Waals surface area contributed by atoms with Crippen LogP contribution in [0.5, 0.6) is 0 Å². The summed E-state index contributed by atoms with van der Waals surface area (Å²) in [6.07, 6.45) is 1.41. The zero-order valence-corrected chi connectivity index (χ0v) is 15.2. The van der Waals surface area contributed by atoms with E-state index in [1.807, 2.05) is 32.0 Å². The molecule has 1 fully saturated rings. The van der Waals surface area contributed by atoms with Gasteiger partial charge in [-0.2, -0.15) is 10.1 Å². The van der Waals surface area contributed by atoms with Gasteiger partial charge in [0.05, 0.1) is 5.69 Å². The highest BCUT2D eigenvalue weighted by molar-refractivity contribution is 6.38. The Morgan fingerprint density at radius 3 is 2.69 bits per heavy atom. The number of aryl methyl sites for hydroxylation is 2. The van der Waals surface area contributed by atoms with Crippen LogP contribution >= 0.6 is 0 Å². The molecular formula is C19H23N3O4. The predicted molar refractivity (Wildman–Crippen MR) is 96.8 cm³/mol. The van der Waals surface area contributed by atoms with Crippen molar-refractivity contribution in [2.45, 2.75) is 58.6 Å². The van der Waals surface area contributed by atoms with Crippen molar-refractivity contribution in [3.05, 3.63) is 29.3 Å². The second-order valence-corrected chi connectivity index (χ2v) is 6.87. The molecule has 0 spiro atoms. The molecule has 1 N–H and O–H groups in total. The molecule has 7 nitrogen and oxygen atoms in total. The molecule has 1 atom stereocenters. The van der Waals surface area contributed by atoms with Crippen LogP contribution in [-0.4, -0.2) is 35.6 Å². The highest BCUT2D eigenvalue weighted by Crippen LogP contribution is 2.25. The Bertz CT molecular complexity index is 783. The van der Waals surface area contributed by atoms with E-state index in [0.29, 0.717) is 5.69 Å². The maximum absolute atomic E-state index is 12.4. The standard InChI is InChI=1S/C19H23N3O4/c1-11-4-5-12(2)16(10-11)22-17(23)9-8-15(21-22)19(25)26-13(3)18(24)20-14-6-7-14/h4-5,10,13-14H,6-9H2,1-3H3,(H,20,24)/t13-/m0/s1. The fourth-order valence-corrected chi connectivity index (χ4v) is 2.66. The van der Waals surface area contributed by atoms with Crippen LogP contribution in [-0.2, 0) is 19.1 Å². The van der Waals surface area contributed by atoms with Crippen molar-refractivity contribution in [2.24, 2.45) is 5.10 Å². The zero-order chi connectivity index (χ0) is 18.8. The summed E-state index contributed by atoms with van der Waals surface area (Å²) in [7, 11) is 0. The van der Waals surface area contributed by atoms with E-state index >= 15 is 0 Å². The van der Waals surface area contributed by atoms with Gasteiger partial charge >= 0.3 is 5.97 Å². The van der Waals surface area contributed by atoms with Crippen LogP contribution < -0.4 is 10.3 Å². The largest absolute Gasteiger partial charge is 0.448 e. The van der Waals surface area contributed by atoms with Gasteiger partial charge in [-0.1, -0.05) is 12.1 Å². The number of esters is 1. The molecule has 1 heterocycles. The van der Waals surface area contributed by atoms with Gasteiger partial charge in [-0.25, -0.2) is 4.79 Å². The molecule has 0 unspecified atom stereocenters. The Hall–Kier alpha value is -2.70. The number of rotatable bonds is 5. The van der Waals surface area contributed by atoms with Gasteiger partial charge in [0.15, 0.2) is 6.10 Å². The summed E-state index contributed by atoms with van der Waals surface area (Å²) in [6, 6.07) is 5.92. The van der Waals surface area contributed by atoms with E-state index in [2.05, 4.69) is 10.4 Å². The van der Waals surface area contributed by atoms with E-state index in [1.54, 1.807) is 0 Å². The molecule has 138 valence electrons. The number of carbonyl (C=O) groups excluding carboxylic acids is 3. The second kappa shape index (κ2) is 7.27. The number of nitrogens with zero attached hydrogens (tertiary/aromatic N) is 2. The quantitative estimate of drug-likeness (QED) is 0.817. The first kappa shape index (κ1) is 18.1. The van der Waals surface area contributed by atoms with Gasteiger partial charge in [0, 0.05) is 18.9 Å². The Labute approximate surface area is 152 Å². The number of hydrogen-bond acceptors (Lipinski definition) is 5. The molecule has 1 aliphatic heterocycles. The monoisotopic (exact) mass is 357 g/mol. The van der Waals surface area contributed by atoms with Gasteiger partial charge < -0.3 is 10.1 Å². The van der Waals surface area contributed by atoms with Gasteiger partial charge in [-0.05, 0) is 50.8 Å². The van der Waals surface area contributed by atoms with Crippen molar-refractivity contribution >= 4 is 29.2 Å². The van der Waals surface area contributed by atoms with Crippen molar-refractivity contribution in [2.75, 3.05) is 5.01 Å². The van der Waals surface area contributed by atoms with Gasteiger partial charge in [-0.3, -0.25) is 9.59 Å². The minimum Gasteiger partial charge on any atom is -0.448 e. The second-order valence-electron chi connectivity index (χ2n) is 6.87. The number of anilines is 1. The van der Waals surface area contributed by atoms with E-state index in [-0.39, 0.29) is 36.4 Å². The molecule has 26 heavy (non-hydrogen) atoms. The van der Waals surface area contributed by atoms with E-state index < -0.39 is 12.1 Å². The lowest BCUT2D eigenvalue weighted by molar-refractivity contribution is -0.148. The molecule has 7 heteroatoms. The Morgan fingerprint density at radius 1 is 1.27 bits per heavy atom. The van der Waals surface area contributed by atoms with Gasteiger partial charge in [-0.15, -0.1) is 0 Å². The zero-order valence-electron chi connectivity index (χ0n) is 15.2. The minimum atomic E-state index is -0.891. The Kier molecular flexibility index (Phi) is 5.06. The van der Waals surface area contributed by atoms with Crippen LogP contribution in [0, 0.1) is 13.8 Å². The maximum Gasteiger partial charge on any atom is 0.355 e. The van der Waals surface area contributed by atoms with Crippen molar-refractivity contribution in [3.63, 3.8) is 0 Å². The average molecular weight is 357 g/mol. The summed E-state index contributed by atoms with van der Waals surface area (Å²) >= 11 is 0. The number of amides is 2. The summed E-state index contributed by atoms with van der Waals surface area (Å²) in [6.45, 7) is 5.34. The SMILES string of the molecule is Cc1ccc(C)c(N2N=C(C(=O)O[C@@H](C)C(=O)NC3CC3)CCC2=O)c1. The summed E-state index contributed by atoms with van der Waals surface area (Å²) in [4.78, 5) is 36.6. The van der Waals surface area contributed by atoms with E-state index in [1.165, 1.54) is 11.9 Å². The lowest BCUT2D eigenvalue weighted by Crippen LogP contribution is -2.40. The van der Waals surface area contributed by atoms with Crippen LogP contribution in [0.2, 0.25) is 0 Å². The van der Waals surface area contributed by atoms with Gasteiger partial charge in [0.25, 0.3) is 5.91 Å². The van der Waals surface area contributed by atoms with Crippen LogP contribution in [0.15, 0.2) is 23.3 Å². The minimum absolute atomic E-state index is 0.150. The number of nitrogens with one attached hydrogen (secondary N) is 1. The molecule has 0 radical (unpaired) electrons. The first-order valence-electron chi connectivity index (χ1n) is 8.84. The van der Waals surface area contributed by atoms with E-state index in [4.69, 9.17) is 4.74 Å². The molecule has 2 amide bonds. The third-order valence-electron chi connectivity index (χ3n) is 4.44. The highest BCUT2D eigenvalue weighted by Gasteiger charge is 2.31.